The van der Waals surface area contributed by atoms with E-state index in [1.165, 1.54) is 0 Å². The van der Waals surface area contributed by atoms with Gasteiger partial charge < -0.3 is 19.5 Å². The van der Waals surface area contributed by atoms with Gasteiger partial charge >= 0.3 is 0 Å². The van der Waals surface area contributed by atoms with Gasteiger partial charge in [0.15, 0.2) is 0 Å². The fourth-order valence-corrected chi connectivity index (χ4v) is 2.80. The van der Waals surface area contributed by atoms with Gasteiger partial charge in [-0.15, -0.1) is 0 Å². The number of nitrogens with zero attached hydrogens (tertiary/aromatic N) is 2. The third-order valence-electron chi connectivity index (χ3n) is 4.04. The summed E-state index contributed by atoms with van der Waals surface area (Å²) in [5.74, 6) is 0.395. The number of hydrogen-bond donors (Lipinski definition) is 1. The molecule has 1 saturated heterocycles. The van der Waals surface area contributed by atoms with Crippen LogP contribution < -0.4 is 5.32 Å². The Balaban J connectivity index is 1.66. The van der Waals surface area contributed by atoms with Gasteiger partial charge in [0.2, 0.25) is 5.91 Å². The average molecular weight is 343 g/mol. The number of anilines is 1. The Hall–Kier alpha value is -2.67. The lowest BCUT2D eigenvalue weighted by Crippen LogP contribution is -2.47. The standard InChI is InChI=1S/C18H21N3O4/c1-12-11-24-7-6-21(12)18(23)14-4-3-5-15(9-14)19-17(22)10-16-8-13(2)25-20-16/h3-5,8-9,12H,6-7,10-11H2,1-2H3,(H,19,22). The first kappa shape index (κ1) is 17.2. The second kappa shape index (κ2) is 7.48. The van der Waals surface area contributed by atoms with Crippen LogP contribution >= 0.6 is 0 Å². The van der Waals surface area contributed by atoms with E-state index < -0.39 is 0 Å². The largest absolute Gasteiger partial charge is 0.377 e. The first-order valence-corrected chi connectivity index (χ1v) is 8.24. The molecule has 0 spiro atoms. The first-order valence-electron chi connectivity index (χ1n) is 8.24. The summed E-state index contributed by atoms with van der Waals surface area (Å²) in [6.45, 7) is 5.39. The Morgan fingerprint density at radius 2 is 2.20 bits per heavy atom. The number of nitrogens with one attached hydrogen (secondary N) is 1. The van der Waals surface area contributed by atoms with Gasteiger partial charge in [0, 0.05) is 23.9 Å². The maximum absolute atomic E-state index is 12.7. The van der Waals surface area contributed by atoms with Crippen LogP contribution in [0.15, 0.2) is 34.9 Å². The Bertz CT molecular complexity index is 771. The van der Waals surface area contributed by atoms with E-state index in [0.29, 0.717) is 42.5 Å². The van der Waals surface area contributed by atoms with Crippen molar-refractivity contribution in [3.8, 4) is 0 Å². The van der Waals surface area contributed by atoms with Gasteiger partial charge in [-0.2, -0.15) is 0 Å². The van der Waals surface area contributed by atoms with Crippen molar-refractivity contribution < 1.29 is 18.8 Å². The van der Waals surface area contributed by atoms with Gasteiger partial charge in [-0.1, -0.05) is 11.2 Å². The molecule has 2 heterocycles. The number of amides is 2. The average Bonchev–Trinajstić information content (AvgIpc) is 2.99. The molecule has 1 unspecified atom stereocenters. The van der Waals surface area contributed by atoms with E-state index >= 15 is 0 Å². The molecular formula is C18H21N3O4. The Labute approximate surface area is 145 Å². The Morgan fingerprint density at radius 3 is 2.92 bits per heavy atom. The number of carbonyl (C=O) groups excluding carboxylic acids is 2. The molecule has 0 radical (unpaired) electrons. The number of benzene rings is 1. The van der Waals surface area contributed by atoms with E-state index in [1.807, 2.05) is 6.92 Å². The third-order valence-corrected chi connectivity index (χ3v) is 4.04. The van der Waals surface area contributed by atoms with Crippen LogP contribution in [0.4, 0.5) is 5.69 Å². The van der Waals surface area contributed by atoms with Crippen LogP contribution in [-0.2, 0) is 16.0 Å². The summed E-state index contributed by atoms with van der Waals surface area (Å²) in [7, 11) is 0. The summed E-state index contributed by atoms with van der Waals surface area (Å²) >= 11 is 0. The summed E-state index contributed by atoms with van der Waals surface area (Å²) in [6.07, 6.45) is 0.121. The van der Waals surface area contributed by atoms with Crippen molar-refractivity contribution in [3.05, 3.63) is 47.3 Å². The second-order valence-electron chi connectivity index (χ2n) is 6.16. The zero-order chi connectivity index (χ0) is 17.8. The molecule has 7 nitrogen and oxygen atoms in total. The summed E-state index contributed by atoms with van der Waals surface area (Å²) in [5, 5.41) is 6.60. The molecule has 3 rings (SSSR count). The first-order chi connectivity index (χ1) is 12.0. The van der Waals surface area contributed by atoms with E-state index in [9.17, 15) is 9.59 Å². The van der Waals surface area contributed by atoms with Crippen LogP contribution in [0.2, 0.25) is 0 Å². The molecule has 25 heavy (non-hydrogen) atoms. The zero-order valence-corrected chi connectivity index (χ0v) is 14.3. The molecule has 132 valence electrons. The van der Waals surface area contributed by atoms with E-state index in [0.717, 1.165) is 0 Å². The molecular weight excluding hydrogens is 322 g/mol. The molecule has 1 N–H and O–H groups in total. The fourth-order valence-electron chi connectivity index (χ4n) is 2.80. The quantitative estimate of drug-likeness (QED) is 0.918. The molecule has 1 atom stereocenters. The normalized spacial score (nSPS) is 17.4. The van der Waals surface area contributed by atoms with Gasteiger partial charge in [-0.25, -0.2) is 0 Å². The maximum atomic E-state index is 12.7. The molecule has 1 aromatic heterocycles. The maximum Gasteiger partial charge on any atom is 0.254 e. The van der Waals surface area contributed by atoms with Gasteiger partial charge in [-0.3, -0.25) is 9.59 Å². The fraction of sp³-hybridized carbons (Fsp3) is 0.389. The van der Waals surface area contributed by atoms with Crippen LogP contribution in [0, 0.1) is 6.92 Å². The monoisotopic (exact) mass is 343 g/mol. The van der Waals surface area contributed by atoms with Crippen molar-refractivity contribution in [1.29, 1.82) is 0 Å². The van der Waals surface area contributed by atoms with Crippen molar-refractivity contribution in [1.82, 2.24) is 10.1 Å². The Kier molecular flexibility index (Phi) is 5.14. The smallest absolute Gasteiger partial charge is 0.254 e. The van der Waals surface area contributed by atoms with Crippen molar-refractivity contribution in [2.75, 3.05) is 25.1 Å². The second-order valence-corrected chi connectivity index (χ2v) is 6.16. The summed E-state index contributed by atoms with van der Waals surface area (Å²) in [5.41, 5.74) is 1.70. The van der Waals surface area contributed by atoms with Crippen LogP contribution in [0.1, 0.15) is 28.7 Å². The van der Waals surface area contributed by atoms with Crippen LogP contribution in [-0.4, -0.2) is 47.7 Å². The molecule has 0 bridgehead atoms. The zero-order valence-electron chi connectivity index (χ0n) is 14.3. The van der Waals surface area contributed by atoms with E-state index in [2.05, 4.69) is 10.5 Å². The predicted octanol–water partition coefficient (Wildman–Crippen LogP) is 2.03. The lowest BCUT2D eigenvalue weighted by atomic mass is 10.1. The molecule has 0 aliphatic carbocycles. The third kappa shape index (κ3) is 4.24. The van der Waals surface area contributed by atoms with Crippen molar-refractivity contribution >= 4 is 17.5 Å². The highest BCUT2D eigenvalue weighted by atomic mass is 16.5. The molecule has 2 amide bonds. The van der Waals surface area contributed by atoms with Gasteiger partial charge in [-0.05, 0) is 32.0 Å². The summed E-state index contributed by atoms with van der Waals surface area (Å²) in [4.78, 5) is 26.6. The van der Waals surface area contributed by atoms with Gasteiger partial charge in [0.05, 0.1) is 31.4 Å². The lowest BCUT2D eigenvalue weighted by molar-refractivity contribution is -0.115. The van der Waals surface area contributed by atoms with Crippen LogP contribution in [0.3, 0.4) is 0 Å². The highest BCUT2D eigenvalue weighted by Gasteiger charge is 2.24. The molecule has 1 aliphatic rings. The number of hydrogen-bond acceptors (Lipinski definition) is 5. The Morgan fingerprint density at radius 1 is 1.36 bits per heavy atom. The summed E-state index contributed by atoms with van der Waals surface area (Å²) < 4.78 is 10.3. The molecule has 0 saturated carbocycles. The number of morpholine rings is 1. The number of carbonyl (C=O) groups is 2. The number of rotatable bonds is 4. The lowest BCUT2D eigenvalue weighted by Gasteiger charge is -2.33. The minimum atomic E-state index is -0.211. The highest BCUT2D eigenvalue weighted by molar-refractivity contribution is 5.97. The molecule has 1 aromatic carbocycles. The molecule has 7 heteroatoms. The van der Waals surface area contributed by atoms with E-state index in [1.54, 1.807) is 42.2 Å². The van der Waals surface area contributed by atoms with Crippen LogP contribution in [0.5, 0.6) is 0 Å². The molecule has 2 aromatic rings. The summed E-state index contributed by atoms with van der Waals surface area (Å²) in [6, 6.07) is 8.71. The molecule has 1 fully saturated rings. The predicted molar refractivity (Wildman–Crippen MR) is 91.3 cm³/mol. The van der Waals surface area contributed by atoms with Gasteiger partial charge in [0.25, 0.3) is 5.91 Å². The number of ether oxygens (including phenoxy) is 1. The number of aromatic nitrogens is 1. The minimum absolute atomic E-state index is 0.0369. The number of aryl methyl sites for hydroxylation is 1. The van der Waals surface area contributed by atoms with Crippen LogP contribution in [0.25, 0.3) is 0 Å². The van der Waals surface area contributed by atoms with E-state index in [-0.39, 0.29) is 24.3 Å². The topological polar surface area (TPSA) is 84.7 Å². The molecule has 1 aliphatic heterocycles. The van der Waals surface area contributed by atoms with Crippen molar-refractivity contribution in [2.24, 2.45) is 0 Å². The SMILES string of the molecule is Cc1cc(CC(=O)Nc2cccc(C(=O)N3CCOCC3C)c2)no1. The van der Waals surface area contributed by atoms with Crippen molar-refractivity contribution in [2.45, 2.75) is 26.3 Å². The minimum Gasteiger partial charge on any atom is -0.377 e. The van der Waals surface area contributed by atoms with Gasteiger partial charge in [0.1, 0.15) is 5.76 Å². The van der Waals surface area contributed by atoms with E-state index in [4.69, 9.17) is 9.26 Å². The van der Waals surface area contributed by atoms with Crippen molar-refractivity contribution in [3.63, 3.8) is 0 Å². The highest BCUT2D eigenvalue weighted by Crippen LogP contribution is 2.16.